The van der Waals surface area contributed by atoms with Crippen LogP contribution in [0.5, 0.6) is 0 Å². The van der Waals surface area contributed by atoms with Gasteiger partial charge in [-0.05, 0) is 38.5 Å². The van der Waals surface area contributed by atoms with Crippen LogP contribution in [-0.2, 0) is 9.53 Å². The zero-order valence-corrected chi connectivity index (χ0v) is 13.3. The monoisotopic (exact) mass is 282 g/mol. The molecular weight excluding hydrogens is 252 g/mol. The number of carbonyl (C=O) groups is 1. The van der Waals surface area contributed by atoms with Gasteiger partial charge in [-0.2, -0.15) is 0 Å². The predicted molar refractivity (Wildman–Crippen MR) is 80.2 cm³/mol. The topological polar surface area (TPSA) is 64.3 Å². The quantitative estimate of drug-likeness (QED) is 0.833. The molecule has 0 radical (unpaired) electrons. The van der Waals surface area contributed by atoms with Gasteiger partial charge in [0.1, 0.15) is 0 Å². The van der Waals surface area contributed by atoms with Crippen molar-refractivity contribution < 1.29 is 9.53 Å². The van der Waals surface area contributed by atoms with Crippen LogP contribution in [0, 0.1) is 17.8 Å². The van der Waals surface area contributed by atoms with E-state index in [-0.39, 0.29) is 35.5 Å². The molecule has 6 unspecified atom stereocenters. The highest BCUT2D eigenvalue weighted by molar-refractivity contribution is 5.80. The lowest BCUT2D eigenvalue weighted by molar-refractivity contribution is -0.130. The average molecular weight is 282 g/mol. The molecule has 2 rings (SSSR count). The van der Waals surface area contributed by atoms with Crippen LogP contribution in [-0.4, -0.2) is 30.2 Å². The van der Waals surface area contributed by atoms with Gasteiger partial charge in [-0.15, -0.1) is 0 Å². The first-order chi connectivity index (χ1) is 9.41. The third-order valence-electron chi connectivity index (χ3n) is 5.73. The molecule has 116 valence electrons. The Morgan fingerprint density at radius 1 is 1.25 bits per heavy atom. The molecule has 1 aliphatic carbocycles. The standard InChI is InChI=1S/C16H30N2O2/c1-10-7-5-6-8-16(10,9-17)18-15(19)14-11(2)12(3)20-13(14)4/h10-14H,5-9,17H2,1-4H3,(H,18,19). The van der Waals surface area contributed by atoms with Gasteiger partial charge in [0.2, 0.25) is 5.91 Å². The van der Waals surface area contributed by atoms with Gasteiger partial charge in [0.05, 0.1) is 23.7 Å². The lowest BCUT2D eigenvalue weighted by Crippen LogP contribution is -2.61. The number of hydrogen-bond acceptors (Lipinski definition) is 3. The summed E-state index contributed by atoms with van der Waals surface area (Å²) in [5.74, 6) is 0.797. The van der Waals surface area contributed by atoms with Crippen LogP contribution in [0.15, 0.2) is 0 Å². The summed E-state index contributed by atoms with van der Waals surface area (Å²) in [7, 11) is 0. The van der Waals surface area contributed by atoms with Gasteiger partial charge in [0.15, 0.2) is 0 Å². The Balaban J connectivity index is 2.09. The van der Waals surface area contributed by atoms with Crippen LogP contribution in [0.2, 0.25) is 0 Å². The highest BCUT2D eigenvalue weighted by Crippen LogP contribution is 2.36. The van der Waals surface area contributed by atoms with Gasteiger partial charge >= 0.3 is 0 Å². The van der Waals surface area contributed by atoms with Crippen LogP contribution in [0.25, 0.3) is 0 Å². The molecule has 6 atom stereocenters. The summed E-state index contributed by atoms with van der Waals surface area (Å²) < 4.78 is 5.80. The van der Waals surface area contributed by atoms with Crippen LogP contribution in [0.4, 0.5) is 0 Å². The van der Waals surface area contributed by atoms with Gasteiger partial charge in [-0.1, -0.05) is 26.7 Å². The zero-order valence-electron chi connectivity index (χ0n) is 13.3. The average Bonchev–Trinajstić information content (AvgIpc) is 2.66. The normalized spacial score (nSPS) is 45.4. The Morgan fingerprint density at radius 2 is 1.95 bits per heavy atom. The minimum Gasteiger partial charge on any atom is -0.374 e. The van der Waals surface area contributed by atoms with E-state index in [0.717, 1.165) is 19.3 Å². The molecule has 1 amide bonds. The number of rotatable bonds is 3. The van der Waals surface area contributed by atoms with Gasteiger partial charge in [-0.25, -0.2) is 0 Å². The molecule has 1 heterocycles. The summed E-state index contributed by atoms with van der Waals surface area (Å²) in [5, 5.41) is 3.31. The first-order valence-corrected chi connectivity index (χ1v) is 8.09. The maximum atomic E-state index is 12.7. The molecule has 0 aromatic carbocycles. The number of hydrogen-bond donors (Lipinski definition) is 2. The summed E-state index contributed by atoms with van der Waals surface area (Å²) in [6.07, 6.45) is 4.70. The van der Waals surface area contributed by atoms with E-state index in [1.54, 1.807) is 0 Å². The molecule has 3 N–H and O–H groups in total. The van der Waals surface area contributed by atoms with Gasteiger partial charge < -0.3 is 15.8 Å². The minimum absolute atomic E-state index is 0.00581. The largest absolute Gasteiger partial charge is 0.374 e. The van der Waals surface area contributed by atoms with E-state index >= 15 is 0 Å². The summed E-state index contributed by atoms with van der Waals surface area (Å²) in [6, 6.07) is 0. The number of nitrogens with two attached hydrogens (primary N) is 1. The maximum Gasteiger partial charge on any atom is 0.226 e. The first-order valence-electron chi connectivity index (χ1n) is 8.09. The fourth-order valence-corrected chi connectivity index (χ4v) is 4.00. The molecule has 4 nitrogen and oxygen atoms in total. The van der Waals surface area contributed by atoms with Crippen molar-refractivity contribution in [2.75, 3.05) is 6.54 Å². The summed E-state index contributed by atoms with van der Waals surface area (Å²) in [5.41, 5.74) is 5.82. The van der Waals surface area contributed by atoms with E-state index in [2.05, 4.69) is 26.1 Å². The van der Waals surface area contributed by atoms with E-state index in [4.69, 9.17) is 10.5 Å². The van der Waals surface area contributed by atoms with Crippen molar-refractivity contribution in [2.24, 2.45) is 23.5 Å². The van der Waals surface area contributed by atoms with Crippen LogP contribution >= 0.6 is 0 Å². The van der Waals surface area contributed by atoms with Crippen molar-refractivity contribution in [1.29, 1.82) is 0 Å². The second-order valence-corrected chi connectivity index (χ2v) is 6.93. The third kappa shape index (κ3) is 2.73. The zero-order chi connectivity index (χ0) is 14.9. The Morgan fingerprint density at radius 3 is 2.45 bits per heavy atom. The van der Waals surface area contributed by atoms with Gasteiger partial charge in [-0.3, -0.25) is 4.79 Å². The maximum absolute atomic E-state index is 12.7. The smallest absolute Gasteiger partial charge is 0.226 e. The van der Waals surface area contributed by atoms with Crippen LogP contribution in [0.1, 0.15) is 53.4 Å². The van der Waals surface area contributed by atoms with Crippen molar-refractivity contribution in [3.05, 3.63) is 0 Å². The molecule has 2 aliphatic rings. The second-order valence-electron chi connectivity index (χ2n) is 6.93. The Hall–Kier alpha value is -0.610. The Labute approximate surface area is 122 Å². The predicted octanol–water partition coefficient (Wildman–Crippen LogP) is 2.07. The van der Waals surface area contributed by atoms with Crippen LogP contribution < -0.4 is 11.1 Å². The Bertz CT molecular complexity index is 360. The fourth-order valence-electron chi connectivity index (χ4n) is 4.00. The molecule has 0 aromatic rings. The molecule has 0 aromatic heterocycles. The summed E-state index contributed by atoms with van der Waals surface area (Å²) >= 11 is 0. The van der Waals surface area contributed by atoms with E-state index in [1.807, 2.05) is 6.92 Å². The van der Waals surface area contributed by atoms with Crippen molar-refractivity contribution in [3.63, 3.8) is 0 Å². The molecule has 4 heteroatoms. The molecule has 1 saturated heterocycles. The first kappa shape index (κ1) is 15.8. The Kier molecular flexibility index (Phi) is 4.75. The lowest BCUT2D eigenvalue weighted by atomic mass is 9.73. The molecule has 2 fully saturated rings. The highest BCUT2D eigenvalue weighted by Gasteiger charge is 2.45. The SMILES string of the molecule is CC1OC(C)C(C(=O)NC2(CN)CCCCC2C)C1C. The van der Waals surface area contributed by atoms with Crippen molar-refractivity contribution in [3.8, 4) is 0 Å². The molecule has 20 heavy (non-hydrogen) atoms. The number of amides is 1. The van der Waals surface area contributed by atoms with E-state index in [0.29, 0.717) is 12.5 Å². The third-order valence-corrected chi connectivity index (χ3v) is 5.73. The van der Waals surface area contributed by atoms with Crippen LogP contribution in [0.3, 0.4) is 0 Å². The number of nitrogens with one attached hydrogen (secondary N) is 1. The molecule has 1 aliphatic heterocycles. The summed E-state index contributed by atoms with van der Waals surface area (Å²) in [4.78, 5) is 12.7. The number of carbonyl (C=O) groups excluding carboxylic acids is 1. The van der Waals surface area contributed by atoms with Gasteiger partial charge in [0, 0.05) is 6.54 Å². The molecular formula is C16H30N2O2. The molecule has 0 spiro atoms. The summed E-state index contributed by atoms with van der Waals surface area (Å²) in [6.45, 7) is 8.91. The minimum atomic E-state index is -0.208. The van der Waals surface area contributed by atoms with Crippen molar-refractivity contribution >= 4 is 5.91 Å². The van der Waals surface area contributed by atoms with Gasteiger partial charge in [0.25, 0.3) is 0 Å². The fraction of sp³-hybridized carbons (Fsp3) is 0.938. The van der Waals surface area contributed by atoms with Crippen molar-refractivity contribution in [2.45, 2.75) is 71.1 Å². The molecule has 1 saturated carbocycles. The number of ether oxygens (including phenoxy) is 1. The second kappa shape index (κ2) is 6.02. The lowest BCUT2D eigenvalue weighted by Gasteiger charge is -2.43. The van der Waals surface area contributed by atoms with E-state index in [9.17, 15) is 4.79 Å². The molecule has 0 bridgehead atoms. The van der Waals surface area contributed by atoms with E-state index < -0.39 is 0 Å². The highest BCUT2D eigenvalue weighted by atomic mass is 16.5. The van der Waals surface area contributed by atoms with Crippen molar-refractivity contribution in [1.82, 2.24) is 5.32 Å². The van der Waals surface area contributed by atoms with E-state index in [1.165, 1.54) is 6.42 Å².